The molecule has 0 atom stereocenters. The number of aromatic carboxylic acids is 1. The molecule has 18 heavy (non-hydrogen) atoms. The van der Waals surface area contributed by atoms with E-state index >= 15 is 0 Å². The van der Waals surface area contributed by atoms with Gasteiger partial charge in [0.05, 0.1) is 11.1 Å². The van der Waals surface area contributed by atoms with Crippen molar-refractivity contribution in [2.24, 2.45) is 0 Å². The standard InChI is InChI=1S/C12H7F3O3/c13-12(14,15)8-3-1-2-6-4-7(11(17)18)5-9(16)10(6)8/h1-5,16H,(H,17,18). The molecular weight excluding hydrogens is 249 g/mol. The Morgan fingerprint density at radius 2 is 1.83 bits per heavy atom. The quantitative estimate of drug-likeness (QED) is 0.823. The number of carboxylic acids is 1. The van der Waals surface area contributed by atoms with E-state index in [1.165, 1.54) is 6.07 Å². The minimum absolute atomic E-state index is 0.0298. The van der Waals surface area contributed by atoms with Crippen molar-refractivity contribution in [3.63, 3.8) is 0 Å². The van der Waals surface area contributed by atoms with Crippen molar-refractivity contribution < 1.29 is 28.2 Å². The largest absolute Gasteiger partial charge is 0.507 e. The molecule has 2 aromatic rings. The van der Waals surface area contributed by atoms with E-state index in [-0.39, 0.29) is 10.9 Å². The summed E-state index contributed by atoms with van der Waals surface area (Å²) >= 11 is 0. The molecular formula is C12H7F3O3. The Labute approximate surface area is 99.1 Å². The second-order valence-electron chi connectivity index (χ2n) is 3.70. The van der Waals surface area contributed by atoms with E-state index < -0.39 is 28.8 Å². The molecule has 2 N–H and O–H groups in total. The number of hydrogen-bond acceptors (Lipinski definition) is 2. The van der Waals surface area contributed by atoms with Crippen molar-refractivity contribution in [1.29, 1.82) is 0 Å². The first-order valence-electron chi connectivity index (χ1n) is 4.87. The molecule has 0 heterocycles. The monoisotopic (exact) mass is 256 g/mol. The lowest BCUT2D eigenvalue weighted by molar-refractivity contribution is -0.136. The van der Waals surface area contributed by atoms with Gasteiger partial charge in [0.2, 0.25) is 0 Å². The van der Waals surface area contributed by atoms with Crippen molar-refractivity contribution in [2.75, 3.05) is 0 Å². The number of alkyl halides is 3. The highest BCUT2D eigenvalue weighted by Crippen LogP contribution is 2.39. The Balaban J connectivity index is 2.83. The van der Waals surface area contributed by atoms with Gasteiger partial charge in [-0.1, -0.05) is 12.1 Å². The number of carbonyl (C=O) groups is 1. The number of phenols is 1. The third-order valence-electron chi connectivity index (χ3n) is 2.51. The minimum Gasteiger partial charge on any atom is -0.507 e. The molecule has 0 unspecified atom stereocenters. The molecule has 3 nitrogen and oxygen atoms in total. The summed E-state index contributed by atoms with van der Waals surface area (Å²) in [6.07, 6.45) is -4.61. The molecule has 0 amide bonds. The van der Waals surface area contributed by atoms with Crippen LogP contribution in [0.5, 0.6) is 5.75 Å². The Morgan fingerprint density at radius 3 is 2.39 bits per heavy atom. The molecule has 0 fully saturated rings. The van der Waals surface area contributed by atoms with Gasteiger partial charge in [-0.05, 0) is 23.6 Å². The molecule has 2 aromatic carbocycles. The molecule has 6 heteroatoms. The summed E-state index contributed by atoms with van der Waals surface area (Å²) in [6.45, 7) is 0. The Hall–Kier alpha value is -2.24. The van der Waals surface area contributed by atoms with Gasteiger partial charge in [-0.3, -0.25) is 0 Å². The van der Waals surface area contributed by atoms with E-state index in [0.29, 0.717) is 0 Å². The van der Waals surface area contributed by atoms with Crippen molar-refractivity contribution in [3.05, 3.63) is 41.5 Å². The molecule has 0 spiro atoms. The zero-order valence-electron chi connectivity index (χ0n) is 8.82. The van der Waals surface area contributed by atoms with Crippen LogP contribution < -0.4 is 0 Å². The fourth-order valence-electron chi connectivity index (χ4n) is 1.76. The molecule has 0 bridgehead atoms. The van der Waals surface area contributed by atoms with Crippen LogP contribution in [0.3, 0.4) is 0 Å². The molecule has 2 rings (SSSR count). The molecule has 0 aliphatic rings. The van der Waals surface area contributed by atoms with Gasteiger partial charge >= 0.3 is 12.1 Å². The Bertz CT molecular complexity index is 632. The van der Waals surface area contributed by atoms with Gasteiger partial charge in [0.1, 0.15) is 5.75 Å². The Kier molecular flexibility index (Phi) is 2.65. The van der Waals surface area contributed by atoms with Crippen LogP contribution in [0.4, 0.5) is 13.2 Å². The molecule has 0 aliphatic carbocycles. The van der Waals surface area contributed by atoms with E-state index in [0.717, 1.165) is 24.3 Å². The van der Waals surface area contributed by atoms with Crippen molar-refractivity contribution in [3.8, 4) is 5.75 Å². The van der Waals surface area contributed by atoms with Crippen LogP contribution in [0.25, 0.3) is 10.8 Å². The topological polar surface area (TPSA) is 57.5 Å². The number of benzene rings is 2. The average molecular weight is 256 g/mol. The summed E-state index contributed by atoms with van der Waals surface area (Å²) in [4.78, 5) is 10.7. The number of fused-ring (bicyclic) bond motifs is 1. The smallest absolute Gasteiger partial charge is 0.417 e. The highest BCUT2D eigenvalue weighted by Gasteiger charge is 2.33. The number of aromatic hydroxyl groups is 1. The number of hydrogen-bond donors (Lipinski definition) is 2. The predicted molar refractivity (Wildman–Crippen MR) is 57.6 cm³/mol. The lowest BCUT2D eigenvalue weighted by atomic mass is 10.0. The van der Waals surface area contributed by atoms with Crippen LogP contribution in [-0.4, -0.2) is 16.2 Å². The first kappa shape index (κ1) is 12.2. The van der Waals surface area contributed by atoms with Gasteiger partial charge < -0.3 is 10.2 Å². The van der Waals surface area contributed by atoms with E-state index in [2.05, 4.69) is 0 Å². The predicted octanol–water partition coefficient (Wildman–Crippen LogP) is 3.26. The fraction of sp³-hybridized carbons (Fsp3) is 0.0833. The van der Waals surface area contributed by atoms with E-state index in [9.17, 15) is 23.1 Å². The van der Waals surface area contributed by atoms with Gasteiger partial charge in [-0.15, -0.1) is 0 Å². The molecule has 94 valence electrons. The van der Waals surface area contributed by atoms with Crippen LogP contribution in [0.2, 0.25) is 0 Å². The molecule has 0 saturated carbocycles. The van der Waals surface area contributed by atoms with E-state index in [1.54, 1.807) is 0 Å². The maximum atomic E-state index is 12.7. The zero-order chi connectivity index (χ0) is 13.5. The number of phenolic OH excluding ortho intramolecular Hbond substituents is 1. The van der Waals surface area contributed by atoms with Gasteiger partial charge in [-0.25, -0.2) is 4.79 Å². The van der Waals surface area contributed by atoms with E-state index in [1.807, 2.05) is 0 Å². The normalized spacial score (nSPS) is 11.7. The maximum absolute atomic E-state index is 12.7. The van der Waals surface area contributed by atoms with Crippen LogP contribution in [0.1, 0.15) is 15.9 Å². The second kappa shape index (κ2) is 3.90. The highest BCUT2D eigenvalue weighted by molar-refractivity contribution is 5.99. The molecule has 0 radical (unpaired) electrons. The number of rotatable bonds is 1. The van der Waals surface area contributed by atoms with Gasteiger partial charge in [0.25, 0.3) is 0 Å². The van der Waals surface area contributed by atoms with Crippen LogP contribution in [-0.2, 0) is 6.18 Å². The summed E-state index contributed by atoms with van der Waals surface area (Å²) in [5.74, 6) is -2.01. The van der Waals surface area contributed by atoms with Gasteiger partial charge in [0, 0.05) is 5.39 Å². The minimum atomic E-state index is -4.61. The fourth-order valence-corrected chi connectivity index (χ4v) is 1.76. The molecule has 0 aromatic heterocycles. The third-order valence-corrected chi connectivity index (χ3v) is 2.51. The van der Waals surface area contributed by atoms with Crippen LogP contribution >= 0.6 is 0 Å². The van der Waals surface area contributed by atoms with Gasteiger partial charge in [0.15, 0.2) is 0 Å². The number of carboxylic acid groups (broad SMARTS) is 1. The number of halogens is 3. The average Bonchev–Trinajstić information content (AvgIpc) is 2.26. The first-order valence-corrected chi connectivity index (χ1v) is 4.87. The van der Waals surface area contributed by atoms with Crippen LogP contribution in [0.15, 0.2) is 30.3 Å². The summed E-state index contributed by atoms with van der Waals surface area (Å²) < 4.78 is 38.2. The molecule has 0 saturated heterocycles. The van der Waals surface area contributed by atoms with Crippen molar-refractivity contribution in [2.45, 2.75) is 6.18 Å². The van der Waals surface area contributed by atoms with Gasteiger partial charge in [-0.2, -0.15) is 13.2 Å². The summed E-state index contributed by atoms with van der Waals surface area (Å²) in [5.41, 5.74) is -1.26. The lowest BCUT2D eigenvalue weighted by Crippen LogP contribution is -2.06. The van der Waals surface area contributed by atoms with Crippen molar-refractivity contribution in [1.82, 2.24) is 0 Å². The van der Waals surface area contributed by atoms with Crippen molar-refractivity contribution >= 4 is 16.7 Å². The van der Waals surface area contributed by atoms with E-state index in [4.69, 9.17) is 5.11 Å². The Morgan fingerprint density at radius 1 is 1.17 bits per heavy atom. The lowest BCUT2D eigenvalue weighted by Gasteiger charge is -2.12. The summed E-state index contributed by atoms with van der Waals surface area (Å²) in [7, 11) is 0. The SMILES string of the molecule is O=C(O)c1cc(O)c2c(C(F)(F)F)cccc2c1. The first-order chi connectivity index (χ1) is 8.30. The van der Waals surface area contributed by atoms with Crippen LogP contribution in [0, 0.1) is 0 Å². The summed E-state index contributed by atoms with van der Waals surface area (Å²) in [6, 6.07) is 5.21. The highest BCUT2D eigenvalue weighted by atomic mass is 19.4. The third kappa shape index (κ3) is 1.97. The molecule has 0 aliphatic heterocycles. The maximum Gasteiger partial charge on any atom is 0.417 e. The zero-order valence-corrected chi connectivity index (χ0v) is 8.82. The second-order valence-corrected chi connectivity index (χ2v) is 3.70. The summed E-state index contributed by atoms with van der Waals surface area (Å²) in [5, 5.41) is 18.0.